The van der Waals surface area contributed by atoms with Gasteiger partial charge in [0.25, 0.3) is 0 Å². The fourth-order valence-corrected chi connectivity index (χ4v) is 0. The largest absolute Gasteiger partial charge is 2.00 e. The maximum absolute atomic E-state index is 8.55. The zero-order valence-corrected chi connectivity index (χ0v) is 10.2. The Bertz CT molecular complexity index is 134. The minimum Gasteiger partial charge on any atom is -0.822 e. The number of rotatable bonds is 0. The molecule has 0 heterocycles. The Kier molecular flexibility index (Phi) is 26.7. The summed E-state index contributed by atoms with van der Waals surface area (Å²) in [6.45, 7) is 0. The van der Waals surface area contributed by atoms with Crippen molar-refractivity contribution in [2.75, 3.05) is 0 Å². The number of hydrogen-bond donors (Lipinski definition) is 0. The van der Waals surface area contributed by atoms with Crippen molar-refractivity contribution in [3.8, 4) is 0 Å². The van der Waals surface area contributed by atoms with Crippen molar-refractivity contribution >= 4 is 15.6 Å². The van der Waals surface area contributed by atoms with Crippen molar-refractivity contribution in [2.24, 2.45) is 0 Å². The van der Waals surface area contributed by atoms with Crippen molar-refractivity contribution in [2.45, 2.75) is 0 Å². The van der Waals surface area contributed by atoms with Crippen LogP contribution in [0.1, 0.15) is 0 Å². The molecule has 2 radical (unpaired) electrons. The van der Waals surface area contributed by atoms with Crippen molar-refractivity contribution in [3.63, 3.8) is 0 Å². The molecule has 0 saturated carbocycles. The summed E-state index contributed by atoms with van der Waals surface area (Å²) < 4.78 is 17.1. The van der Waals surface area contributed by atoms with E-state index in [0.717, 1.165) is 0 Å². The minimum atomic E-state index is -5.39. The van der Waals surface area contributed by atoms with Crippen LogP contribution in [0.5, 0.6) is 0 Å². The molecule has 0 aromatic heterocycles. The molecule has 0 spiro atoms. The molecule has 0 rings (SSSR count). The van der Waals surface area contributed by atoms with Crippen molar-refractivity contribution in [1.82, 2.24) is 0 Å². The average Bonchev–Trinajstić information content (AvgIpc) is 1.12. The molecule has 13 heavy (non-hydrogen) atoms. The Morgan fingerprint density at radius 3 is 0.692 bits per heavy atom. The Balaban J connectivity index is -0.0000000267. The van der Waals surface area contributed by atoms with Gasteiger partial charge < -0.3 is 38.5 Å². The topological polar surface area (TPSA) is 172 Å². The summed E-state index contributed by atoms with van der Waals surface area (Å²) in [7, 11) is -10.8. The van der Waals surface area contributed by atoms with Gasteiger partial charge in [0, 0.05) is 0 Å². The van der Waals surface area contributed by atoms with Gasteiger partial charge in [-0.05, 0) is 0 Å². The molecule has 0 fully saturated rings. The third-order valence-corrected chi connectivity index (χ3v) is 0. The zero-order valence-electron chi connectivity index (χ0n) is 5.19. The van der Waals surface area contributed by atoms with E-state index in [-0.39, 0.29) is 51.2 Å². The van der Waals surface area contributed by atoms with E-state index < -0.39 is 15.6 Å². The van der Waals surface area contributed by atoms with Gasteiger partial charge >= 0.3 is 51.2 Å². The predicted molar refractivity (Wildman–Crippen MR) is 15.2 cm³/mol. The predicted octanol–water partition coefficient (Wildman–Crippen LogP) is -5.66. The van der Waals surface area contributed by atoms with Crippen LogP contribution in [0.4, 0.5) is 0 Å². The molecule has 0 unspecified atom stereocenters. The Hall–Kier alpha value is 1.78. The van der Waals surface area contributed by atoms with Crippen molar-refractivity contribution < 1.29 is 89.7 Å². The molecule has 0 aliphatic rings. The van der Waals surface area contributed by atoms with Gasteiger partial charge in [-0.3, -0.25) is 0 Å². The van der Waals surface area contributed by atoms with E-state index in [9.17, 15) is 0 Å². The third kappa shape index (κ3) is 604. The maximum atomic E-state index is 8.55. The van der Waals surface area contributed by atoms with E-state index >= 15 is 0 Å². The Morgan fingerprint density at radius 1 is 0.692 bits per heavy atom. The van der Waals surface area contributed by atoms with E-state index in [1.807, 2.05) is 0 Å². The second-order valence-electron chi connectivity index (χ2n) is 0.894. The first-order chi connectivity index (χ1) is 4.00. The van der Waals surface area contributed by atoms with Crippen LogP contribution in [0.2, 0.25) is 0 Å². The van der Waals surface area contributed by atoms with Crippen LogP contribution in [-0.4, -0.2) is 0 Å². The second kappa shape index (κ2) is 11.9. The standard InChI is InChI=1S/Cu.Fe.Mn.2H3O4P/c;;;2*1-5(2,3)4/h;;;2*(H3,1,2,3,4)/q3*+2;;/p-6. The normalized spacial score (nSPS) is 9.08. The fraction of sp³-hybridized carbons (Fsp3) is 0. The van der Waals surface area contributed by atoms with Crippen molar-refractivity contribution in [3.05, 3.63) is 0 Å². The van der Waals surface area contributed by atoms with Crippen LogP contribution in [0, 0.1) is 0 Å². The Morgan fingerprint density at radius 2 is 0.692 bits per heavy atom. The van der Waals surface area contributed by atoms with Gasteiger partial charge in [0.2, 0.25) is 0 Å². The molecule has 0 aliphatic carbocycles. The molecule has 84 valence electrons. The summed E-state index contributed by atoms with van der Waals surface area (Å²) >= 11 is 0. The molecule has 0 bridgehead atoms. The first-order valence-electron chi connectivity index (χ1n) is 1.46. The molecule has 8 nitrogen and oxygen atoms in total. The Labute approximate surface area is 105 Å². The summed E-state index contributed by atoms with van der Waals surface area (Å²) in [5.74, 6) is 0. The smallest absolute Gasteiger partial charge is 0.822 e. The quantitative estimate of drug-likeness (QED) is 0.302. The number of phosphoric acid groups is 2. The van der Waals surface area contributed by atoms with Crippen molar-refractivity contribution in [1.29, 1.82) is 0 Å². The van der Waals surface area contributed by atoms with Crippen LogP contribution >= 0.6 is 15.6 Å². The van der Waals surface area contributed by atoms with Gasteiger partial charge in [-0.1, -0.05) is 0 Å². The molecule has 0 aromatic carbocycles. The zero-order chi connectivity index (χ0) is 9.00. The molecule has 13 heteroatoms. The molecule has 0 amide bonds. The third-order valence-electron chi connectivity index (χ3n) is 0. The number of hydrogen-bond acceptors (Lipinski definition) is 8. The van der Waals surface area contributed by atoms with E-state index in [4.69, 9.17) is 38.5 Å². The average molecular weight is 364 g/mol. The molecular formula is CuFeMnO8P2. The van der Waals surface area contributed by atoms with Crippen LogP contribution in [0.25, 0.3) is 0 Å². The maximum Gasteiger partial charge on any atom is 2.00 e. The summed E-state index contributed by atoms with van der Waals surface area (Å²) in [5, 5.41) is 0. The summed E-state index contributed by atoms with van der Waals surface area (Å²) in [4.78, 5) is 51.3. The summed E-state index contributed by atoms with van der Waals surface area (Å²) in [6.07, 6.45) is 0. The van der Waals surface area contributed by atoms with Crippen LogP contribution in [0.15, 0.2) is 0 Å². The molecular weight excluding hydrogens is 364 g/mol. The molecule has 0 aliphatic heterocycles. The molecule has 0 saturated heterocycles. The van der Waals surface area contributed by atoms with Gasteiger partial charge in [-0.25, -0.2) is 0 Å². The first-order valence-corrected chi connectivity index (χ1v) is 4.38. The second-order valence-corrected chi connectivity index (χ2v) is 2.68. The first kappa shape index (κ1) is 29.3. The fourth-order valence-electron chi connectivity index (χ4n) is 0. The monoisotopic (exact) mass is 364 g/mol. The van der Waals surface area contributed by atoms with Gasteiger partial charge in [-0.2, -0.15) is 15.6 Å². The summed E-state index contributed by atoms with van der Waals surface area (Å²) in [5.41, 5.74) is 0. The van der Waals surface area contributed by atoms with E-state index in [0.29, 0.717) is 0 Å². The van der Waals surface area contributed by atoms with Gasteiger partial charge in [0.15, 0.2) is 0 Å². The molecule has 0 N–H and O–H groups in total. The van der Waals surface area contributed by atoms with E-state index in [1.165, 1.54) is 0 Å². The molecule has 0 atom stereocenters. The van der Waals surface area contributed by atoms with E-state index in [2.05, 4.69) is 0 Å². The van der Waals surface area contributed by atoms with Gasteiger partial charge in [-0.15, -0.1) is 0 Å². The SMILES string of the molecule is O=P([O-])([O-])[O-].O=P([O-])([O-])[O-].[Cu+2].[Fe+2].[Mn+2]. The van der Waals surface area contributed by atoms with Gasteiger partial charge in [0.1, 0.15) is 0 Å². The molecule has 0 aromatic rings. The minimum absolute atomic E-state index is 0. The van der Waals surface area contributed by atoms with Crippen LogP contribution in [-0.2, 0) is 60.3 Å². The van der Waals surface area contributed by atoms with Crippen LogP contribution < -0.4 is 29.4 Å². The van der Waals surface area contributed by atoms with E-state index in [1.54, 1.807) is 0 Å². The summed E-state index contributed by atoms with van der Waals surface area (Å²) in [6, 6.07) is 0. The van der Waals surface area contributed by atoms with Crippen LogP contribution in [0.3, 0.4) is 0 Å². The van der Waals surface area contributed by atoms with Gasteiger partial charge in [0.05, 0.1) is 0 Å².